The summed E-state index contributed by atoms with van der Waals surface area (Å²) in [5.74, 6) is -0.760. The Labute approximate surface area is 149 Å². The van der Waals surface area contributed by atoms with E-state index in [2.05, 4.69) is 10.3 Å². The predicted molar refractivity (Wildman–Crippen MR) is 93.4 cm³/mol. The highest BCUT2D eigenvalue weighted by atomic mass is 16.5. The third-order valence-electron chi connectivity index (χ3n) is 4.07. The summed E-state index contributed by atoms with van der Waals surface area (Å²) in [4.78, 5) is 38.3. The van der Waals surface area contributed by atoms with Gasteiger partial charge in [-0.3, -0.25) is 14.4 Å². The van der Waals surface area contributed by atoms with Gasteiger partial charge in [-0.05, 0) is 37.8 Å². The van der Waals surface area contributed by atoms with Crippen molar-refractivity contribution in [3.05, 3.63) is 34.1 Å². The number of esters is 1. The summed E-state index contributed by atoms with van der Waals surface area (Å²) in [5.41, 5.74) is -0.841. The summed E-state index contributed by atoms with van der Waals surface area (Å²) in [6, 6.07) is 4.85. The Hall–Kier alpha value is -3.03. The highest BCUT2D eigenvalue weighted by Gasteiger charge is 2.23. The average Bonchev–Trinajstić information content (AvgIpc) is 3.42. The van der Waals surface area contributed by atoms with Crippen LogP contribution in [-0.4, -0.2) is 41.7 Å². The molecule has 1 heterocycles. The van der Waals surface area contributed by atoms with Crippen molar-refractivity contribution in [1.29, 1.82) is 0 Å². The Morgan fingerprint density at radius 2 is 2.12 bits per heavy atom. The summed E-state index contributed by atoms with van der Waals surface area (Å²) in [6.45, 7) is 2.05. The quantitative estimate of drug-likeness (QED) is 0.641. The highest BCUT2D eigenvalue weighted by Crippen LogP contribution is 2.31. The summed E-state index contributed by atoms with van der Waals surface area (Å²) < 4.78 is 10.3. The molecule has 138 valence electrons. The maximum atomic E-state index is 12.2. The number of benzene rings is 1. The molecule has 1 aliphatic carbocycles. The van der Waals surface area contributed by atoms with Gasteiger partial charge in [-0.15, -0.1) is 0 Å². The standard InChI is InChI=1S/C18H20N2O6/c1-2-25-14(21)8-19-17(23)15-16(22)12-6-5-11(26-9-10-3-4-10)7-13(12)20-18(15)24/h5-7,10H,2-4,8-9H2,1H3,(H,19,23)(H2,20,22,24). The van der Waals surface area contributed by atoms with Crippen molar-refractivity contribution in [2.75, 3.05) is 19.8 Å². The van der Waals surface area contributed by atoms with Crippen LogP contribution in [0.25, 0.3) is 10.9 Å². The topological polar surface area (TPSA) is 118 Å². The highest BCUT2D eigenvalue weighted by molar-refractivity contribution is 6.03. The van der Waals surface area contributed by atoms with E-state index in [4.69, 9.17) is 9.47 Å². The van der Waals surface area contributed by atoms with E-state index in [1.807, 2.05) is 0 Å². The van der Waals surface area contributed by atoms with E-state index in [0.29, 0.717) is 29.2 Å². The van der Waals surface area contributed by atoms with Gasteiger partial charge in [0.2, 0.25) is 0 Å². The van der Waals surface area contributed by atoms with Crippen LogP contribution in [0.5, 0.6) is 11.5 Å². The van der Waals surface area contributed by atoms with Crippen LogP contribution in [0.2, 0.25) is 0 Å². The van der Waals surface area contributed by atoms with Crippen LogP contribution < -0.4 is 15.6 Å². The van der Waals surface area contributed by atoms with Crippen molar-refractivity contribution in [3.8, 4) is 11.5 Å². The molecule has 1 aromatic carbocycles. The number of aromatic amines is 1. The number of carbonyl (C=O) groups excluding carboxylic acids is 2. The lowest BCUT2D eigenvalue weighted by Crippen LogP contribution is -2.34. The molecule has 0 spiro atoms. The van der Waals surface area contributed by atoms with E-state index in [9.17, 15) is 19.5 Å². The number of fused-ring (bicyclic) bond motifs is 1. The number of hydrogen-bond acceptors (Lipinski definition) is 6. The fraction of sp³-hybridized carbons (Fsp3) is 0.389. The van der Waals surface area contributed by atoms with Crippen LogP contribution in [0.3, 0.4) is 0 Å². The summed E-state index contributed by atoms with van der Waals surface area (Å²) >= 11 is 0. The SMILES string of the molecule is CCOC(=O)CNC(=O)c1c(O)c2ccc(OCC3CC3)cc2[nH]c1=O. The second-order valence-corrected chi connectivity index (χ2v) is 6.13. The number of carbonyl (C=O) groups is 2. The van der Waals surface area contributed by atoms with Crippen LogP contribution in [0.4, 0.5) is 0 Å². The minimum absolute atomic E-state index is 0.182. The van der Waals surface area contributed by atoms with Crippen molar-refractivity contribution in [3.63, 3.8) is 0 Å². The van der Waals surface area contributed by atoms with E-state index >= 15 is 0 Å². The second kappa shape index (κ2) is 7.47. The lowest BCUT2D eigenvalue weighted by molar-refractivity contribution is -0.141. The first kappa shape index (κ1) is 17.8. The van der Waals surface area contributed by atoms with E-state index in [1.54, 1.807) is 25.1 Å². The van der Waals surface area contributed by atoms with Gasteiger partial charge in [0, 0.05) is 11.5 Å². The smallest absolute Gasteiger partial charge is 0.325 e. The largest absolute Gasteiger partial charge is 0.506 e. The van der Waals surface area contributed by atoms with E-state index < -0.39 is 35.3 Å². The zero-order chi connectivity index (χ0) is 18.7. The minimum atomic E-state index is -0.854. The summed E-state index contributed by atoms with van der Waals surface area (Å²) in [7, 11) is 0. The van der Waals surface area contributed by atoms with Crippen molar-refractivity contribution in [1.82, 2.24) is 10.3 Å². The molecule has 3 rings (SSSR count). The minimum Gasteiger partial charge on any atom is -0.506 e. The predicted octanol–water partition coefficient (Wildman–Crippen LogP) is 1.32. The molecule has 26 heavy (non-hydrogen) atoms. The zero-order valence-electron chi connectivity index (χ0n) is 14.3. The van der Waals surface area contributed by atoms with Crippen LogP contribution in [0.15, 0.2) is 23.0 Å². The zero-order valence-corrected chi connectivity index (χ0v) is 14.3. The van der Waals surface area contributed by atoms with Crippen LogP contribution in [-0.2, 0) is 9.53 Å². The lowest BCUT2D eigenvalue weighted by atomic mass is 10.1. The van der Waals surface area contributed by atoms with Crippen molar-refractivity contribution < 1.29 is 24.2 Å². The molecule has 1 aromatic heterocycles. The first-order valence-electron chi connectivity index (χ1n) is 8.45. The number of hydrogen-bond donors (Lipinski definition) is 3. The third-order valence-corrected chi connectivity index (χ3v) is 4.07. The number of pyridine rings is 1. The number of rotatable bonds is 7. The molecule has 1 fully saturated rings. The molecule has 8 heteroatoms. The third kappa shape index (κ3) is 3.96. The number of H-pyrrole nitrogens is 1. The molecule has 0 aliphatic heterocycles. The van der Waals surface area contributed by atoms with Crippen molar-refractivity contribution in [2.45, 2.75) is 19.8 Å². The normalized spacial score (nSPS) is 13.4. The Balaban J connectivity index is 1.82. The van der Waals surface area contributed by atoms with Crippen molar-refractivity contribution >= 4 is 22.8 Å². The first-order valence-corrected chi connectivity index (χ1v) is 8.45. The molecule has 0 bridgehead atoms. The molecule has 1 aliphatic rings. The summed E-state index contributed by atoms with van der Waals surface area (Å²) in [5, 5.41) is 12.9. The molecule has 8 nitrogen and oxygen atoms in total. The number of aromatic nitrogens is 1. The van der Waals surface area contributed by atoms with Gasteiger partial charge in [0.05, 0.1) is 18.7 Å². The van der Waals surface area contributed by atoms with Crippen LogP contribution >= 0.6 is 0 Å². The van der Waals surface area contributed by atoms with Gasteiger partial charge in [0.15, 0.2) is 0 Å². The van der Waals surface area contributed by atoms with Gasteiger partial charge in [-0.1, -0.05) is 0 Å². The van der Waals surface area contributed by atoms with Gasteiger partial charge >= 0.3 is 5.97 Å². The Kier molecular flexibility index (Phi) is 5.11. The van der Waals surface area contributed by atoms with Gasteiger partial charge in [0.25, 0.3) is 11.5 Å². The fourth-order valence-corrected chi connectivity index (χ4v) is 2.51. The second-order valence-electron chi connectivity index (χ2n) is 6.13. The van der Waals surface area contributed by atoms with Gasteiger partial charge in [-0.25, -0.2) is 0 Å². The number of ether oxygens (including phenoxy) is 2. The molecule has 0 radical (unpaired) electrons. The Morgan fingerprint density at radius 1 is 1.35 bits per heavy atom. The molecule has 0 unspecified atom stereocenters. The van der Waals surface area contributed by atoms with Crippen LogP contribution in [0, 0.1) is 5.92 Å². The Morgan fingerprint density at radius 3 is 2.81 bits per heavy atom. The Bertz CT molecular complexity index is 900. The molecule has 1 saturated carbocycles. The maximum Gasteiger partial charge on any atom is 0.325 e. The number of amides is 1. The van der Waals surface area contributed by atoms with Crippen LogP contribution in [0.1, 0.15) is 30.1 Å². The molecule has 0 atom stereocenters. The van der Waals surface area contributed by atoms with E-state index in [0.717, 1.165) is 12.8 Å². The monoisotopic (exact) mass is 360 g/mol. The number of aromatic hydroxyl groups is 1. The summed E-state index contributed by atoms with van der Waals surface area (Å²) in [6.07, 6.45) is 2.32. The molecular formula is C18H20N2O6. The lowest BCUT2D eigenvalue weighted by Gasteiger charge is -2.10. The molecule has 0 saturated heterocycles. The molecule has 1 amide bonds. The fourth-order valence-electron chi connectivity index (χ4n) is 2.51. The molecule has 2 aromatic rings. The maximum absolute atomic E-state index is 12.2. The van der Waals surface area contributed by atoms with Gasteiger partial charge in [0.1, 0.15) is 23.6 Å². The van der Waals surface area contributed by atoms with E-state index in [-0.39, 0.29) is 6.61 Å². The van der Waals surface area contributed by atoms with Gasteiger partial charge < -0.3 is 24.9 Å². The molecular weight excluding hydrogens is 340 g/mol. The number of nitrogens with one attached hydrogen (secondary N) is 2. The van der Waals surface area contributed by atoms with Gasteiger partial charge in [-0.2, -0.15) is 0 Å². The van der Waals surface area contributed by atoms with Crippen molar-refractivity contribution in [2.24, 2.45) is 5.92 Å². The average molecular weight is 360 g/mol. The molecule has 3 N–H and O–H groups in total. The first-order chi connectivity index (χ1) is 12.5. The van der Waals surface area contributed by atoms with E-state index in [1.165, 1.54) is 0 Å².